The van der Waals surface area contributed by atoms with Crippen LogP contribution in [0.4, 0.5) is 5.95 Å². The Balaban J connectivity index is 0.00000840. The molecule has 0 radical (unpaired) electrons. The van der Waals surface area contributed by atoms with E-state index in [1.54, 1.807) is 11.5 Å². The summed E-state index contributed by atoms with van der Waals surface area (Å²) >= 11 is 0. The number of nitrogens with zero attached hydrogens (tertiary/aromatic N) is 4. The Morgan fingerprint density at radius 3 is 2.12 bits per heavy atom. The van der Waals surface area contributed by atoms with Gasteiger partial charge in [0.25, 0.3) is 0 Å². The number of aliphatic hydroxyl groups is 1. The third-order valence-corrected chi connectivity index (χ3v) is 7.93. The van der Waals surface area contributed by atoms with Crippen molar-refractivity contribution in [2.45, 2.75) is 116 Å². The minimum atomic E-state index is -4.24. The molecule has 41 heavy (non-hydrogen) atoms. The predicted octanol–water partition coefficient (Wildman–Crippen LogP) is 2.12. The molecule has 1 unspecified atom stereocenters. The van der Waals surface area contributed by atoms with Crippen molar-refractivity contribution in [3.63, 3.8) is 0 Å². The first-order valence-corrected chi connectivity index (χ1v) is 16.8. The number of nitrogens with two attached hydrogens (primary N) is 1. The maximum Gasteiger partial charge on any atom is 1.00 e. The first-order chi connectivity index (χ1) is 19.4. The molecule has 11 nitrogen and oxygen atoms in total. The first kappa shape index (κ1) is 38.4. The van der Waals surface area contributed by atoms with Crippen LogP contribution in [0.5, 0.6) is 0 Å². The van der Waals surface area contributed by atoms with Crippen molar-refractivity contribution in [1.29, 1.82) is 0 Å². The number of imidazole rings is 1. The van der Waals surface area contributed by atoms with Crippen molar-refractivity contribution < 1.29 is 58.1 Å². The minimum absolute atomic E-state index is 0. The van der Waals surface area contributed by atoms with Crippen molar-refractivity contribution in [2.75, 3.05) is 38.5 Å². The number of rotatable bonds is 25. The van der Waals surface area contributed by atoms with E-state index in [1.165, 1.54) is 83.4 Å². The molecule has 0 spiro atoms. The molecule has 0 aliphatic heterocycles. The van der Waals surface area contributed by atoms with Crippen LogP contribution in [0.3, 0.4) is 0 Å². The number of aliphatic hydroxyl groups excluding tert-OH is 1. The SMILES string of the molecule is CCCCCCCCCCCCCCCCOCCOP(=O)([O-])CO[C@H](CO)Cn1cnc2c(C)nc(N)nc21.[Na+]. The average Bonchev–Trinajstić information content (AvgIpc) is 3.32. The first-order valence-electron chi connectivity index (χ1n) is 15.1. The van der Waals surface area contributed by atoms with E-state index in [2.05, 4.69) is 21.9 Å². The number of hydrogen-bond acceptors (Lipinski definition) is 10. The van der Waals surface area contributed by atoms with E-state index in [0.29, 0.717) is 23.5 Å². The number of hydrogen-bond donors (Lipinski definition) is 2. The topological polar surface area (TPSA) is 158 Å². The molecular weight excluding hydrogens is 556 g/mol. The van der Waals surface area contributed by atoms with Crippen molar-refractivity contribution in [3.05, 3.63) is 12.0 Å². The van der Waals surface area contributed by atoms with E-state index in [1.807, 2.05) is 0 Å². The fourth-order valence-electron chi connectivity index (χ4n) is 4.59. The summed E-state index contributed by atoms with van der Waals surface area (Å²) in [7, 11) is -4.24. The fourth-order valence-corrected chi connectivity index (χ4v) is 5.41. The Morgan fingerprint density at radius 1 is 0.951 bits per heavy atom. The van der Waals surface area contributed by atoms with Gasteiger partial charge in [-0.3, -0.25) is 0 Å². The van der Waals surface area contributed by atoms with Gasteiger partial charge in [0.05, 0.1) is 44.5 Å². The predicted molar refractivity (Wildman–Crippen MR) is 156 cm³/mol. The zero-order valence-electron chi connectivity index (χ0n) is 25.6. The second-order valence-corrected chi connectivity index (χ2v) is 12.2. The van der Waals surface area contributed by atoms with Gasteiger partial charge in [-0.25, -0.2) is 9.97 Å². The van der Waals surface area contributed by atoms with Crippen LogP contribution in [0.15, 0.2) is 6.33 Å². The number of ether oxygens (including phenoxy) is 2. The molecule has 230 valence electrons. The van der Waals surface area contributed by atoms with E-state index < -0.39 is 20.0 Å². The summed E-state index contributed by atoms with van der Waals surface area (Å²) < 4.78 is 29.8. The van der Waals surface area contributed by atoms with Crippen LogP contribution in [-0.2, 0) is 25.1 Å². The Bertz CT molecular complexity index is 998. The van der Waals surface area contributed by atoms with Crippen molar-refractivity contribution in [2.24, 2.45) is 0 Å². The van der Waals surface area contributed by atoms with Crippen LogP contribution in [0.2, 0.25) is 0 Å². The summed E-state index contributed by atoms with van der Waals surface area (Å²) in [6.07, 6.45) is 18.3. The molecule has 0 aliphatic rings. The van der Waals surface area contributed by atoms with E-state index in [-0.39, 0.29) is 61.9 Å². The molecule has 0 fully saturated rings. The smallest absolute Gasteiger partial charge is 0.777 e. The number of unbranched alkanes of at least 4 members (excludes halogenated alkanes) is 13. The monoisotopic (exact) mass is 607 g/mol. The van der Waals surface area contributed by atoms with Gasteiger partial charge in [0.1, 0.15) is 11.9 Å². The van der Waals surface area contributed by atoms with Gasteiger partial charge in [0, 0.05) is 6.61 Å². The number of nitrogen functional groups attached to an aromatic ring is 1. The molecule has 0 bridgehead atoms. The van der Waals surface area contributed by atoms with Gasteiger partial charge in [-0.1, -0.05) is 90.4 Å². The van der Waals surface area contributed by atoms with Crippen LogP contribution < -0.4 is 40.2 Å². The normalized spacial score (nSPS) is 13.8. The molecule has 0 saturated carbocycles. The van der Waals surface area contributed by atoms with Gasteiger partial charge in [0.2, 0.25) is 5.95 Å². The summed E-state index contributed by atoms with van der Waals surface area (Å²) in [6, 6.07) is 0. The van der Waals surface area contributed by atoms with Crippen LogP contribution in [0, 0.1) is 6.92 Å². The molecule has 13 heteroatoms. The molecule has 2 atom stereocenters. The van der Waals surface area contributed by atoms with Crippen molar-refractivity contribution in [1.82, 2.24) is 19.5 Å². The second kappa shape index (κ2) is 22.9. The molecular formula is C28H51N5NaO6P. The number of aryl methyl sites for hydroxylation is 1. The maximum atomic E-state index is 12.2. The van der Waals surface area contributed by atoms with Crippen molar-refractivity contribution >= 4 is 24.7 Å². The summed E-state index contributed by atoms with van der Waals surface area (Å²) in [5.74, 6) is 0.109. The molecule has 2 aromatic heterocycles. The summed E-state index contributed by atoms with van der Waals surface area (Å²) in [5.41, 5.74) is 7.42. The summed E-state index contributed by atoms with van der Waals surface area (Å²) in [4.78, 5) is 24.7. The summed E-state index contributed by atoms with van der Waals surface area (Å²) in [6.45, 7) is 4.53. The Morgan fingerprint density at radius 2 is 1.54 bits per heavy atom. The molecule has 2 aromatic rings. The van der Waals surface area contributed by atoms with Gasteiger partial charge in [-0.15, -0.1) is 0 Å². The zero-order chi connectivity index (χ0) is 29.1. The molecule has 0 amide bonds. The molecule has 0 saturated heterocycles. The van der Waals surface area contributed by atoms with Gasteiger partial charge >= 0.3 is 29.6 Å². The third-order valence-electron chi connectivity index (χ3n) is 6.89. The number of anilines is 1. The molecule has 2 rings (SSSR count). The zero-order valence-corrected chi connectivity index (χ0v) is 28.5. The van der Waals surface area contributed by atoms with Crippen LogP contribution in [0.1, 0.15) is 103 Å². The van der Waals surface area contributed by atoms with Crippen LogP contribution in [-0.4, -0.2) is 63.5 Å². The number of aromatic nitrogens is 4. The molecule has 3 N–H and O–H groups in total. The second-order valence-electron chi connectivity index (χ2n) is 10.5. The van der Waals surface area contributed by atoms with Gasteiger partial charge in [-0.05, 0) is 13.3 Å². The minimum Gasteiger partial charge on any atom is -0.777 e. The Labute approximate surface area is 268 Å². The summed E-state index contributed by atoms with van der Waals surface area (Å²) in [5, 5.41) is 9.67. The third kappa shape index (κ3) is 16.7. The van der Waals surface area contributed by atoms with Crippen molar-refractivity contribution in [3.8, 4) is 0 Å². The number of fused-ring (bicyclic) bond motifs is 1. The van der Waals surface area contributed by atoms with E-state index >= 15 is 0 Å². The van der Waals surface area contributed by atoms with E-state index in [4.69, 9.17) is 19.7 Å². The van der Waals surface area contributed by atoms with Gasteiger partial charge < -0.3 is 38.9 Å². The molecule has 0 aromatic carbocycles. The van der Waals surface area contributed by atoms with Gasteiger partial charge in [-0.2, -0.15) is 4.98 Å². The standard InChI is InChI=1S/C28H52N5O6P.Na/c1-3-4-5-6-7-8-9-10-11-12-13-14-15-16-17-37-18-19-39-40(35,36)23-38-25(21-34)20-33-22-30-26-24(2)31-28(29)32-27(26)33;/h22,25,34H,3-21,23H2,1-2H3,(H,35,36)(H2,29,31,32);/q;+1/p-1/t25-;/m0./s1. The largest absolute Gasteiger partial charge is 1.00 e. The average molecular weight is 608 g/mol. The van der Waals surface area contributed by atoms with Crippen LogP contribution in [0.25, 0.3) is 11.2 Å². The Hall–Kier alpha value is -0.620. The molecule has 0 aliphatic carbocycles. The van der Waals surface area contributed by atoms with E-state index in [0.717, 1.165) is 12.8 Å². The maximum absolute atomic E-state index is 12.2. The Kier molecular flexibility index (Phi) is 21.4. The quantitative estimate of drug-likeness (QED) is 0.0973. The fraction of sp³-hybridized carbons (Fsp3) is 0.821. The van der Waals surface area contributed by atoms with Gasteiger partial charge in [0.15, 0.2) is 13.2 Å². The van der Waals surface area contributed by atoms with Crippen LogP contribution >= 0.6 is 7.60 Å². The van der Waals surface area contributed by atoms with E-state index in [9.17, 15) is 14.6 Å². The molecule has 2 heterocycles.